The van der Waals surface area contributed by atoms with E-state index in [0.717, 1.165) is 23.5 Å². The van der Waals surface area contributed by atoms with Gasteiger partial charge < -0.3 is 19.6 Å². The number of fused-ring (bicyclic) bond motifs is 1. The normalized spacial score (nSPS) is 18.8. The Balaban J connectivity index is 1.61. The zero-order valence-corrected chi connectivity index (χ0v) is 15.0. The van der Waals surface area contributed by atoms with Crippen molar-refractivity contribution in [2.75, 3.05) is 13.2 Å². The summed E-state index contributed by atoms with van der Waals surface area (Å²) in [7, 11) is 0. The minimum atomic E-state index is -1.16. The number of amides is 1. The standard InChI is InChI=1S/C20H25NO4/c1-13-10-17(14(2)25-13)20(3,23)12-21-19(22)11-15-8-9-24-18-7-5-4-6-16(15)18/h4-7,10,15,23H,8-9,11-12H2,1-3H3,(H,21,22). The van der Waals surface area contributed by atoms with Crippen molar-refractivity contribution < 1.29 is 19.1 Å². The number of furan rings is 1. The van der Waals surface area contributed by atoms with Gasteiger partial charge in [0.25, 0.3) is 0 Å². The van der Waals surface area contributed by atoms with Gasteiger partial charge in [-0.3, -0.25) is 4.79 Å². The van der Waals surface area contributed by atoms with E-state index in [1.807, 2.05) is 44.2 Å². The van der Waals surface area contributed by atoms with Gasteiger partial charge in [-0.2, -0.15) is 0 Å². The number of carbonyl (C=O) groups excluding carboxylic acids is 1. The number of hydrogen-bond acceptors (Lipinski definition) is 4. The van der Waals surface area contributed by atoms with Gasteiger partial charge in [-0.1, -0.05) is 18.2 Å². The van der Waals surface area contributed by atoms with Crippen molar-refractivity contribution in [3.05, 3.63) is 53.0 Å². The molecule has 0 spiro atoms. The van der Waals surface area contributed by atoms with Crippen molar-refractivity contribution in [1.29, 1.82) is 0 Å². The smallest absolute Gasteiger partial charge is 0.220 e. The summed E-state index contributed by atoms with van der Waals surface area (Å²) in [5.74, 6) is 2.36. The van der Waals surface area contributed by atoms with Crippen molar-refractivity contribution in [1.82, 2.24) is 5.32 Å². The number of rotatable bonds is 5. The Morgan fingerprint density at radius 1 is 1.36 bits per heavy atom. The minimum Gasteiger partial charge on any atom is -0.493 e. The molecular weight excluding hydrogens is 318 g/mol. The lowest BCUT2D eigenvalue weighted by Crippen LogP contribution is -2.39. The molecule has 1 amide bonds. The fourth-order valence-corrected chi connectivity index (χ4v) is 3.46. The first kappa shape index (κ1) is 17.5. The van der Waals surface area contributed by atoms with Gasteiger partial charge in [0, 0.05) is 12.0 Å². The van der Waals surface area contributed by atoms with Gasteiger partial charge in [0.2, 0.25) is 5.91 Å². The molecule has 25 heavy (non-hydrogen) atoms. The van der Waals surface area contributed by atoms with E-state index in [2.05, 4.69) is 5.32 Å². The van der Waals surface area contributed by atoms with Crippen LogP contribution in [-0.4, -0.2) is 24.2 Å². The highest BCUT2D eigenvalue weighted by Gasteiger charge is 2.29. The zero-order chi connectivity index (χ0) is 18.0. The predicted molar refractivity (Wildman–Crippen MR) is 94.7 cm³/mol. The number of ether oxygens (including phenoxy) is 1. The Morgan fingerprint density at radius 3 is 2.84 bits per heavy atom. The largest absolute Gasteiger partial charge is 0.493 e. The second-order valence-corrected chi connectivity index (χ2v) is 6.95. The first-order valence-corrected chi connectivity index (χ1v) is 8.65. The van der Waals surface area contributed by atoms with Crippen LogP contribution >= 0.6 is 0 Å². The Bertz CT molecular complexity index is 763. The Kier molecular flexibility index (Phi) is 4.86. The van der Waals surface area contributed by atoms with Crippen molar-refractivity contribution in [3.63, 3.8) is 0 Å². The number of hydrogen-bond donors (Lipinski definition) is 2. The number of nitrogens with one attached hydrogen (secondary N) is 1. The molecule has 2 aromatic rings. The third-order valence-corrected chi connectivity index (χ3v) is 4.77. The quantitative estimate of drug-likeness (QED) is 0.875. The molecule has 3 rings (SSSR count). The summed E-state index contributed by atoms with van der Waals surface area (Å²) >= 11 is 0. The molecule has 1 aliphatic heterocycles. The molecule has 2 heterocycles. The van der Waals surface area contributed by atoms with Gasteiger partial charge in [0.15, 0.2) is 0 Å². The summed E-state index contributed by atoms with van der Waals surface area (Å²) in [6.45, 7) is 6.12. The van der Waals surface area contributed by atoms with Gasteiger partial charge in [-0.15, -0.1) is 0 Å². The molecule has 134 valence electrons. The second kappa shape index (κ2) is 6.92. The lowest BCUT2D eigenvalue weighted by Gasteiger charge is -2.27. The average Bonchev–Trinajstić information content (AvgIpc) is 2.93. The van der Waals surface area contributed by atoms with Gasteiger partial charge in [0.05, 0.1) is 13.2 Å². The highest BCUT2D eigenvalue weighted by Crippen LogP contribution is 2.35. The van der Waals surface area contributed by atoms with Crippen LogP contribution in [0.4, 0.5) is 0 Å². The van der Waals surface area contributed by atoms with Gasteiger partial charge in [0.1, 0.15) is 22.9 Å². The predicted octanol–water partition coefficient (Wildman–Crippen LogP) is 3.18. The summed E-state index contributed by atoms with van der Waals surface area (Å²) in [4.78, 5) is 12.4. The fraction of sp³-hybridized carbons (Fsp3) is 0.450. The van der Waals surface area contributed by atoms with Crippen LogP contribution in [0.1, 0.15) is 48.3 Å². The van der Waals surface area contributed by atoms with Crippen molar-refractivity contribution in [2.45, 2.75) is 45.1 Å². The zero-order valence-electron chi connectivity index (χ0n) is 15.0. The van der Waals surface area contributed by atoms with E-state index in [1.165, 1.54) is 0 Å². The van der Waals surface area contributed by atoms with Crippen LogP contribution in [0, 0.1) is 13.8 Å². The summed E-state index contributed by atoms with van der Waals surface area (Å²) < 4.78 is 11.1. The summed E-state index contributed by atoms with van der Waals surface area (Å²) in [6.07, 6.45) is 1.21. The van der Waals surface area contributed by atoms with E-state index in [9.17, 15) is 9.90 Å². The molecule has 0 aliphatic carbocycles. The molecule has 1 aliphatic rings. The monoisotopic (exact) mass is 343 g/mol. The molecule has 2 N–H and O–H groups in total. The number of aryl methyl sites for hydroxylation is 2. The molecule has 2 unspecified atom stereocenters. The maximum absolute atomic E-state index is 12.4. The maximum Gasteiger partial charge on any atom is 0.220 e. The first-order valence-electron chi connectivity index (χ1n) is 8.65. The van der Waals surface area contributed by atoms with E-state index in [1.54, 1.807) is 6.92 Å². The van der Waals surface area contributed by atoms with E-state index in [-0.39, 0.29) is 18.4 Å². The molecule has 0 saturated heterocycles. The Labute approximate surface area is 148 Å². The second-order valence-electron chi connectivity index (χ2n) is 6.95. The van der Waals surface area contributed by atoms with Crippen molar-refractivity contribution in [3.8, 4) is 5.75 Å². The lowest BCUT2D eigenvalue weighted by molar-refractivity contribution is -0.122. The maximum atomic E-state index is 12.4. The summed E-state index contributed by atoms with van der Waals surface area (Å²) in [5.41, 5.74) is 0.629. The molecule has 0 radical (unpaired) electrons. The van der Waals surface area contributed by atoms with Gasteiger partial charge in [-0.25, -0.2) is 0 Å². The first-order chi connectivity index (χ1) is 11.9. The highest BCUT2D eigenvalue weighted by molar-refractivity contribution is 5.77. The number of carbonyl (C=O) groups is 1. The Hall–Kier alpha value is -2.27. The van der Waals surface area contributed by atoms with Gasteiger partial charge in [-0.05, 0) is 50.8 Å². The Morgan fingerprint density at radius 2 is 2.12 bits per heavy atom. The van der Waals surface area contributed by atoms with Crippen LogP contribution in [0.15, 0.2) is 34.7 Å². The third kappa shape index (κ3) is 3.87. The van der Waals surface area contributed by atoms with Crippen LogP contribution in [0.3, 0.4) is 0 Å². The van der Waals surface area contributed by atoms with Crippen LogP contribution in [0.2, 0.25) is 0 Å². The van der Waals surface area contributed by atoms with E-state index < -0.39 is 5.60 Å². The third-order valence-electron chi connectivity index (χ3n) is 4.77. The van der Waals surface area contributed by atoms with E-state index >= 15 is 0 Å². The SMILES string of the molecule is Cc1cc(C(C)(O)CNC(=O)CC2CCOc3ccccc32)c(C)o1. The highest BCUT2D eigenvalue weighted by atomic mass is 16.5. The fourth-order valence-electron chi connectivity index (χ4n) is 3.46. The molecule has 5 nitrogen and oxygen atoms in total. The summed E-state index contributed by atoms with van der Waals surface area (Å²) in [6, 6.07) is 9.67. The topological polar surface area (TPSA) is 71.7 Å². The summed E-state index contributed by atoms with van der Waals surface area (Å²) in [5, 5.41) is 13.6. The van der Waals surface area contributed by atoms with Crippen molar-refractivity contribution >= 4 is 5.91 Å². The lowest BCUT2D eigenvalue weighted by atomic mass is 9.90. The molecule has 2 atom stereocenters. The molecular formula is C20H25NO4. The molecule has 1 aromatic heterocycles. The van der Waals surface area contributed by atoms with Crippen LogP contribution < -0.4 is 10.1 Å². The average molecular weight is 343 g/mol. The molecule has 1 aromatic carbocycles. The van der Waals surface area contributed by atoms with Gasteiger partial charge >= 0.3 is 0 Å². The molecule has 0 saturated carbocycles. The molecule has 5 heteroatoms. The van der Waals surface area contributed by atoms with Crippen molar-refractivity contribution in [2.24, 2.45) is 0 Å². The van der Waals surface area contributed by atoms with Crippen LogP contribution in [0.5, 0.6) is 5.75 Å². The molecule has 0 bridgehead atoms. The number of benzene rings is 1. The van der Waals surface area contributed by atoms with E-state index in [4.69, 9.17) is 9.15 Å². The number of para-hydroxylation sites is 1. The van der Waals surface area contributed by atoms with Crippen LogP contribution in [0.25, 0.3) is 0 Å². The minimum absolute atomic E-state index is 0.0696. The van der Waals surface area contributed by atoms with Crippen LogP contribution in [-0.2, 0) is 10.4 Å². The van der Waals surface area contributed by atoms with E-state index in [0.29, 0.717) is 24.4 Å². The molecule has 0 fully saturated rings. The number of aliphatic hydroxyl groups is 1.